The third kappa shape index (κ3) is 4.31. The highest BCUT2D eigenvalue weighted by Crippen LogP contribution is 2.25. The molecule has 2 aliphatic rings. The van der Waals surface area contributed by atoms with Crippen LogP contribution in [0.1, 0.15) is 44.1 Å². The van der Waals surface area contributed by atoms with Gasteiger partial charge in [0.25, 0.3) is 0 Å². The Kier molecular flexibility index (Phi) is 6.57. The van der Waals surface area contributed by atoms with Crippen molar-refractivity contribution in [2.24, 2.45) is 0 Å². The van der Waals surface area contributed by atoms with E-state index in [0.29, 0.717) is 57.1 Å². The summed E-state index contributed by atoms with van der Waals surface area (Å²) in [6, 6.07) is 0. The van der Waals surface area contributed by atoms with Crippen LogP contribution in [0.15, 0.2) is 21.2 Å². The lowest BCUT2D eigenvalue weighted by Crippen LogP contribution is -2.41. The average molecular weight is 411 g/mol. The van der Waals surface area contributed by atoms with Gasteiger partial charge in [-0.1, -0.05) is 11.2 Å². The Labute approximate surface area is 167 Å². The maximum absolute atomic E-state index is 13.0. The highest BCUT2D eigenvalue weighted by Gasteiger charge is 2.32. The first-order valence-electron chi connectivity index (χ1n) is 9.99. The third-order valence-electron chi connectivity index (χ3n) is 5.45. The molecule has 1 aromatic heterocycles. The molecule has 1 saturated heterocycles. The number of allylic oxidation sites excluding steroid dienone is 2. The Morgan fingerprint density at radius 3 is 2.61 bits per heavy atom. The average Bonchev–Trinajstić information content (AvgIpc) is 3.21. The highest BCUT2D eigenvalue weighted by atomic mass is 32.2. The molecule has 0 saturated carbocycles. The molecule has 156 valence electrons. The summed E-state index contributed by atoms with van der Waals surface area (Å²) in [5.41, 5.74) is 1.52. The Morgan fingerprint density at radius 1 is 1.21 bits per heavy atom. The lowest BCUT2D eigenvalue weighted by atomic mass is 10.3. The van der Waals surface area contributed by atoms with E-state index in [1.165, 1.54) is 4.31 Å². The van der Waals surface area contributed by atoms with Crippen LogP contribution in [-0.4, -0.2) is 72.9 Å². The van der Waals surface area contributed by atoms with Crippen molar-refractivity contribution in [2.75, 3.05) is 39.3 Å². The quantitative estimate of drug-likeness (QED) is 0.712. The molecule has 8 nitrogen and oxygen atoms in total. The minimum Gasteiger partial charge on any atom is -0.360 e. The first-order chi connectivity index (χ1) is 13.3. The zero-order valence-electron chi connectivity index (χ0n) is 17.0. The number of carbonyl (C=O) groups is 1. The van der Waals surface area contributed by atoms with Gasteiger partial charge in [-0.2, -0.15) is 4.31 Å². The number of hydrogen-bond donors (Lipinski definition) is 0. The Morgan fingerprint density at radius 2 is 2.00 bits per heavy atom. The number of rotatable bonds is 6. The molecule has 0 bridgehead atoms. The summed E-state index contributed by atoms with van der Waals surface area (Å²) < 4.78 is 32.6. The number of likely N-dealkylation sites (N-methyl/N-ethyl adjacent to an activating group) is 1. The van der Waals surface area contributed by atoms with Crippen molar-refractivity contribution in [2.45, 2.75) is 51.3 Å². The predicted octanol–water partition coefficient (Wildman–Crippen LogP) is 1.90. The lowest BCUT2D eigenvalue weighted by Gasteiger charge is -2.26. The minimum absolute atomic E-state index is 0.0951. The van der Waals surface area contributed by atoms with Crippen LogP contribution in [0.5, 0.6) is 0 Å². The van der Waals surface area contributed by atoms with E-state index >= 15 is 0 Å². The normalized spacial score (nSPS) is 19.5. The molecular weight excluding hydrogens is 380 g/mol. The molecule has 1 aliphatic carbocycles. The van der Waals surface area contributed by atoms with Crippen LogP contribution in [0.3, 0.4) is 0 Å². The van der Waals surface area contributed by atoms with E-state index in [9.17, 15) is 13.2 Å². The van der Waals surface area contributed by atoms with Crippen LogP contribution < -0.4 is 0 Å². The Balaban J connectivity index is 1.64. The molecule has 9 heteroatoms. The number of nitrogens with zero attached hydrogens (tertiary/aromatic N) is 4. The number of aromatic nitrogens is 1. The number of carbonyl (C=O) groups excluding carboxylic acids is 1. The molecule has 28 heavy (non-hydrogen) atoms. The summed E-state index contributed by atoms with van der Waals surface area (Å²) in [7, 11) is -3.64. The fourth-order valence-corrected chi connectivity index (χ4v) is 5.79. The number of aryl methyl sites for hydroxylation is 2. The maximum atomic E-state index is 13.0. The second kappa shape index (κ2) is 8.75. The number of sulfonamides is 1. The first kappa shape index (κ1) is 21.0. The van der Waals surface area contributed by atoms with Crippen molar-refractivity contribution in [3.63, 3.8) is 0 Å². The second-order valence-electron chi connectivity index (χ2n) is 7.41. The van der Waals surface area contributed by atoms with Gasteiger partial charge in [-0.3, -0.25) is 9.69 Å². The number of amides is 1. The molecule has 1 aromatic rings. The van der Waals surface area contributed by atoms with Crippen LogP contribution in [0.25, 0.3) is 0 Å². The monoisotopic (exact) mass is 410 g/mol. The third-order valence-corrected chi connectivity index (χ3v) is 7.60. The van der Waals surface area contributed by atoms with Crippen molar-refractivity contribution >= 4 is 15.9 Å². The summed E-state index contributed by atoms with van der Waals surface area (Å²) in [4.78, 5) is 16.9. The van der Waals surface area contributed by atoms with Crippen LogP contribution in [0, 0.1) is 13.8 Å². The molecule has 1 fully saturated rings. The summed E-state index contributed by atoms with van der Waals surface area (Å²) in [6.07, 6.45) is 5.95. The zero-order chi connectivity index (χ0) is 20.3. The van der Waals surface area contributed by atoms with Crippen LogP contribution in [-0.2, 0) is 14.8 Å². The van der Waals surface area contributed by atoms with Crippen molar-refractivity contribution in [1.29, 1.82) is 0 Å². The SMILES string of the molecule is CCN(C(=O)CN1CCCN(S(=O)(=O)c2c(C)noc2C)CC1)C1=CCCC1. The van der Waals surface area contributed by atoms with Gasteiger partial charge in [-0.25, -0.2) is 8.42 Å². The molecule has 0 radical (unpaired) electrons. The summed E-state index contributed by atoms with van der Waals surface area (Å²) in [5.74, 6) is 0.412. The van der Waals surface area contributed by atoms with E-state index in [1.54, 1.807) is 13.8 Å². The van der Waals surface area contributed by atoms with E-state index in [0.717, 1.165) is 25.0 Å². The van der Waals surface area contributed by atoms with E-state index in [1.807, 2.05) is 11.8 Å². The molecular formula is C19H30N4O4S. The van der Waals surface area contributed by atoms with Gasteiger partial charge in [0, 0.05) is 31.9 Å². The molecule has 0 unspecified atom stereocenters. The van der Waals surface area contributed by atoms with Gasteiger partial charge in [0.2, 0.25) is 15.9 Å². The van der Waals surface area contributed by atoms with Crippen molar-refractivity contribution in [1.82, 2.24) is 19.3 Å². The zero-order valence-corrected chi connectivity index (χ0v) is 17.8. The molecule has 2 heterocycles. The molecule has 0 N–H and O–H groups in total. The van der Waals surface area contributed by atoms with Gasteiger partial charge in [-0.15, -0.1) is 0 Å². The molecule has 1 aliphatic heterocycles. The fraction of sp³-hybridized carbons (Fsp3) is 0.684. The largest absolute Gasteiger partial charge is 0.360 e. The maximum Gasteiger partial charge on any atom is 0.248 e. The van der Waals surface area contributed by atoms with E-state index < -0.39 is 10.0 Å². The lowest BCUT2D eigenvalue weighted by molar-refractivity contribution is -0.130. The smallest absolute Gasteiger partial charge is 0.248 e. The van der Waals surface area contributed by atoms with Gasteiger partial charge in [-0.05, 0) is 53.0 Å². The molecule has 0 spiro atoms. The predicted molar refractivity (Wildman–Crippen MR) is 105 cm³/mol. The molecule has 1 amide bonds. The summed E-state index contributed by atoms with van der Waals surface area (Å²) >= 11 is 0. The molecule has 0 aromatic carbocycles. The Hall–Kier alpha value is -1.71. The molecule has 0 atom stereocenters. The van der Waals surface area contributed by atoms with Crippen LogP contribution >= 0.6 is 0 Å². The number of hydrogen-bond acceptors (Lipinski definition) is 6. The van der Waals surface area contributed by atoms with Gasteiger partial charge in [0.05, 0.1) is 6.54 Å². The molecule has 3 rings (SSSR count). The van der Waals surface area contributed by atoms with Crippen LogP contribution in [0.2, 0.25) is 0 Å². The minimum atomic E-state index is -3.64. The standard InChI is InChI=1S/C19H30N4O4S/c1-4-23(17-8-5-6-9-17)18(24)14-21-10-7-11-22(13-12-21)28(25,26)19-15(2)20-27-16(19)3/h8H,4-7,9-14H2,1-3H3. The van der Waals surface area contributed by atoms with Gasteiger partial charge in [0.1, 0.15) is 10.6 Å². The second-order valence-corrected chi connectivity index (χ2v) is 9.29. The van der Waals surface area contributed by atoms with E-state index in [2.05, 4.69) is 16.1 Å². The van der Waals surface area contributed by atoms with Gasteiger partial charge >= 0.3 is 0 Å². The van der Waals surface area contributed by atoms with E-state index in [-0.39, 0.29) is 10.8 Å². The van der Waals surface area contributed by atoms with Gasteiger partial charge in [0.15, 0.2) is 5.76 Å². The van der Waals surface area contributed by atoms with Gasteiger partial charge < -0.3 is 9.42 Å². The fourth-order valence-electron chi connectivity index (χ4n) is 4.03. The van der Waals surface area contributed by atoms with Crippen molar-refractivity contribution in [3.8, 4) is 0 Å². The topological polar surface area (TPSA) is 87.0 Å². The van der Waals surface area contributed by atoms with Crippen LogP contribution in [0.4, 0.5) is 0 Å². The van der Waals surface area contributed by atoms with Crippen molar-refractivity contribution < 1.29 is 17.7 Å². The summed E-state index contributed by atoms with van der Waals surface area (Å²) in [6.45, 7) is 8.28. The highest BCUT2D eigenvalue weighted by molar-refractivity contribution is 7.89. The van der Waals surface area contributed by atoms with E-state index in [4.69, 9.17) is 4.52 Å². The Bertz CT molecular complexity index is 827. The summed E-state index contributed by atoms with van der Waals surface area (Å²) in [5, 5.41) is 3.77. The van der Waals surface area contributed by atoms with Crippen molar-refractivity contribution in [3.05, 3.63) is 23.2 Å². The first-order valence-corrected chi connectivity index (χ1v) is 11.4.